The van der Waals surface area contributed by atoms with Crippen LogP contribution in [0, 0.1) is 13.8 Å². The first-order valence-corrected chi connectivity index (χ1v) is 7.69. The van der Waals surface area contributed by atoms with Crippen LogP contribution in [-0.2, 0) is 4.79 Å². The van der Waals surface area contributed by atoms with Crippen LogP contribution in [0.15, 0.2) is 41.5 Å². The summed E-state index contributed by atoms with van der Waals surface area (Å²) in [5.41, 5.74) is 4.97. The standard InChI is InChI=1S/C17H16Cl2N2O2/c1-11-5-3-6-12(2)17(11)23-10-15(22)21-20-9-13-7-4-8-14(18)16(13)19/h3-9H,10H2,1-2H3,(H,21,22)/b20-9-. The molecular formula is C17H16Cl2N2O2. The van der Waals surface area contributed by atoms with Gasteiger partial charge in [0, 0.05) is 5.56 Å². The van der Waals surface area contributed by atoms with Crippen LogP contribution in [0.3, 0.4) is 0 Å². The molecule has 23 heavy (non-hydrogen) atoms. The second-order valence-electron chi connectivity index (χ2n) is 4.95. The molecule has 6 heteroatoms. The number of para-hydroxylation sites is 1. The van der Waals surface area contributed by atoms with Gasteiger partial charge in [0.05, 0.1) is 16.3 Å². The number of carbonyl (C=O) groups is 1. The summed E-state index contributed by atoms with van der Waals surface area (Å²) in [6.07, 6.45) is 1.44. The van der Waals surface area contributed by atoms with E-state index in [0.29, 0.717) is 21.4 Å². The van der Waals surface area contributed by atoms with Crippen molar-refractivity contribution in [2.45, 2.75) is 13.8 Å². The molecule has 0 saturated carbocycles. The Hall–Kier alpha value is -2.04. The summed E-state index contributed by atoms with van der Waals surface area (Å²) in [6, 6.07) is 11.0. The second-order valence-corrected chi connectivity index (χ2v) is 5.73. The highest BCUT2D eigenvalue weighted by atomic mass is 35.5. The molecule has 0 fully saturated rings. The van der Waals surface area contributed by atoms with E-state index >= 15 is 0 Å². The van der Waals surface area contributed by atoms with Crippen molar-refractivity contribution in [1.82, 2.24) is 5.43 Å². The van der Waals surface area contributed by atoms with Crippen LogP contribution >= 0.6 is 23.2 Å². The Kier molecular flexibility index (Phi) is 6.02. The van der Waals surface area contributed by atoms with Crippen LogP contribution in [-0.4, -0.2) is 18.7 Å². The van der Waals surface area contributed by atoms with Gasteiger partial charge in [-0.15, -0.1) is 0 Å². The topological polar surface area (TPSA) is 50.7 Å². The molecular weight excluding hydrogens is 335 g/mol. The Balaban J connectivity index is 1.90. The van der Waals surface area contributed by atoms with E-state index < -0.39 is 0 Å². The second kappa shape index (κ2) is 7.99. The zero-order valence-electron chi connectivity index (χ0n) is 12.8. The molecule has 0 aliphatic heterocycles. The van der Waals surface area contributed by atoms with Crippen molar-refractivity contribution in [1.29, 1.82) is 0 Å². The number of rotatable bonds is 5. The zero-order valence-corrected chi connectivity index (χ0v) is 14.3. The lowest BCUT2D eigenvalue weighted by Crippen LogP contribution is -2.25. The first kappa shape index (κ1) is 17.3. The van der Waals surface area contributed by atoms with Crippen molar-refractivity contribution >= 4 is 35.3 Å². The maximum Gasteiger partial charge on any atom is 0.277 e. The van der Waals surface area contributed by atoms with Gasteiger partial charge in [0.15, 0.2) is 6.61 Å². The third-order valence-corrected chi connectivity index (χ3v) is 3.96. The van der Waals surface area contributed by atoms with E-state index in [2.05, 4.69) is 10.5 Å². The number of amides is 1. The van der Waals surface area contributed by atoms with Crippen molar-refractivity contribution in [3.8, 4) is 5.75 Å². The minimum Gasteiger partial charge on any atom is -0.483 e. The summed E-state index contributed by atoms with van der Waals surface area (Å²) in [5.74, 6) is 0.353. The molecule has 0 aromatic heterocycles. The molecule has 120 valence electrons. The van der Waals surface area contributed by atoms with Crippen LogP contribution in [0.2, 0.25) is 10.0 Å². The number of hydrogen-bond acceptors (Lipinski definition) is 3. The lowest BCUT2D eigenvalue weighted by Gasteiger charge is -2.10. The number of carbonyl (C=O) groups excluding carboxylic acids is 1. The molecule has 0 spiro atoms. The minimum absolute atomic E-state index is 0.119. The Bertz CT molecular complexity index is 725. The van der Waals surface area contributed by atoms with Crippen molar-refractivity contribution in [2.75, 3.05) is 6.61 Å². The molecule has 0 aliphatic rings. The average Bonchev–Trinajstić information content (AvgIpc) is 2.51. The van der Waals surface area contributed by atoms with E-state index in [9.17, 15) is 4.79 Å². The quantitative estimate of drug-likeness (QED) is 0.650. The molecule has 0 aliphatic carbocycles. The summed E-state index contributed by atoms with van der Waals surface area (Å²) in [5, 5.41) is 4.67. The van der Waals surface area contributed by atoms with Crippen LogP contribution in [0.5, 0.6) is 5.75 Å². The molecule has 0 saturated heterocycles. The maximum atomic E-state index is 11.8. The van der Waals surface area contributed by atoms with Gasteiger partial charge in [0.1, 0.15) is 5.75 Å². The maximum absolute atomic E-state index is 11.8. The smallest absolute Gasteiger partial charge is 0.277 e. The number of aryl methyl sites for hydroxylation is 2. The molecule has 1 N–H and O–H groups in total. The van der Waals surface area contributed by atoms with Gasteiger partial charge in [-0.1, -0.05) is 53.5 Å². The first-order chi connectivity index (χ1) is 11.0. The first-order valence-electron chi connectivity index (χ1n) is 6.94. The largest absolute Gasteiger partial charge is 0.483 e. The highest BCUT2D eigenvalue weighted by Crippen LogP contribution is 2.24. The van der Waals surface area contributed by atoms with Gasteiger partial charge < -0.3 is 4.74 Å². The Morgan fingerprint density at radius 3 is 2.52 bits per heavy atom. The normalized spacial score (nSPS) is 10.8. The fraction of sp³-hybridized carbons (Fsp3) is 0.176. The van der Waals surface area contributed by atoms with E-state index in [-0.39, 0.29) is 12.5 Å². The Labute approximate surface area is 145 Å². The molecule has 4 nitrogen and oxygen atoms in total. The SMILES string of the molecule is Cc1cccc(C)c1OCC(=O)N/N=C\c1cccc(Cl)c1Cl. The van der Waals surface area contributed by atoms with E-state index in [1.54, 1.807) is 18.2 Å². The molecule has 0 radical (unpaired) electrons. The van der Waals surface area contributed by atoms with Gasteiger partial charge in [-0.25, -0.2) is 5.43 Å². The van der Waals surface area contributed by atoms with Gasteiger partial charge in [0.25, 0.3) is 5.91 Å². The summed E-state index contributed by atoms with van der Waals surface area (Å²) in [7, 11) is 0. The number of nitrogens with one attached hydrogen (secondary N) is 1. The molecule has 1 amide bonds. The third kappa shape index (κ3) is 4.71. The number of ether oxygens (including phenoxy) is 1. The van der Waals surface area contributed by atoms with Gasteiger partial charge in [0.2, 0.25) is 0 Å². The van der Waals surface area contributed by atoms with E-state index in [4.69, 9.17) is 27.9 Å². The van der Waals surface area contributed by atoms with Gasteiger partial charge in [-0.3, -0.25) is 4.79 Å². The van der Waals surface area contributed by atoms with Crippen LogP contribution < -0.4 is 10.2 Å². The molecule has 2 aromatic carbocycles. The zero-order chi connectivity index (χ0) is 16.8. The van der Waals surface area contributed by atoms with Gasteiger partial charge in [-0.2, -0.15) is 5.10 Å². The predicted molar refractivity (Wildman–Crippen MR) is 93.6 cm³/mol. The van der Waals surface area contributed by atoms with Gasteiger partial charge >= 0.3 is 0 Å². The monoisotopic (exact) mass is 350 g/mol. The lowest BCUT2D eigenvalue weighted by atomic mass is 10.1. The number of hydrazone groups is 1. The molecule has 0 bridgehead atoms. The molecule has 2 rings (SSSR count). The summed E-state index contributed by atoms with van der Waals surface area (Å²) in [6.45, 7) is 3.74. The average molecular weight is 351 g/mol. The van der Waals surface area contributed by atoms with Gasteiger partial charge in [-0.05, 0) is 31.0 Å². The molecule has 0 unspecified atom stereocenters. The molecule has 0 heterocycles. The molecule has 2 aromatic rings. The van der Waals surface area contributed by atoms with Crippen LogP contribution in [0.4, 0.5) is 0 Å². The van der Waals surface area contributed by atoms with Crippen molar-refractivity contribution in [2.24, 2.45) is 5.10 Å². The summed E-state index contributed by atoms with van der Waals surface area (Å²) >= 11 is 11.9. The fourth-order valence-electron chi connectivity index (χ4n) is 1.99. The summed E-state index contributed by atoms with van der Waals surface area (Å²) < 4.78 is 5.54. The third-order valence-electron chi connectivity index (χ3n) is 3.13. The number of benzene rings is 2. The van der Waals surface area contributed by atoms with Crippen molar-refractivity contribution in [3.63, 3.8) is 0 Å². The Morgan fingerprint density at radius 1 is 1.17 bits per heavy atom. The van der Waals surface area contributed by atoms with Crippen LogP contribution in [0.25, 0.3) is 0 Å². The predicted octanol–water partition coefficient (Wildman–Crippen LogP) is 4.14. The van der Waals surface area contributed by atoms with E-state index in [0.717, 1.165) is 11.1 Å². The van der Waals surface area contributed by atoms with E-state index in [1.165, 1.54) is 6.21 Å². The minimum atomic E-state index is -0.359. The highest BCUT2D eigenvalue weighted by molar-refractivity contribution is 6.43. The van der Waals surface area contributed by atoms with Crippen molar-refractivity contribution in [3.05, 3.63) is 63.1 Å². The number of nitrogens with zero attached hydrogens (tertiary/aromatic N) is 1. The highest BCUT2D eigenvalue weighted by Gasteiger charge is 2.07. The van der Waals surface area contributed by atoms with Crippen molar-refractivity contribution < 1.29 is 9.53 Å². The number of hydrogen-bond donors (Lipinski definition) is 1. The van der Waals surface area contributed by atoms with Crippen LogP contribution in [0.1, 0.15) is 16.7 Å². The molecule has 0 atom stereocenters. The Morgan fingerprint density at radius 2 is 1.83 bits per heavy atom. The van der Waals surface area contributed by atoms with E-state index in [1.807, 2.05) is 32.0 Å². The number of halogens is 2. The fourth-order valence-corrected chi connectivity index (χ4v) is 2.35. The summed E-state index contributed by atoms with van der Waals surface area (Å²) in [4.78, 5) is 11.8. The lowest BCUT2D eigenvalue weighted by molar-refractivity contribution is -0.123.